The van der Waals surface area contributed by atoms with E-state index in [2.05, 4.69) is 10.6 Å². The molecule has 0 aromatic carbocycles. The van der Waals surface area contributed by atoms with Crippen molar-refractivity contribution in [3.05, 3.63) is 71.2 Å². The highest BCUT2D eigenvalue weighted by Gasteiger charge is 2.32. The molecule has 1 rings (SSSR count). The Kier molecular flexibility index (Phi) is 15.4. The number of allylic oxidation sites excluding steroid dienone is 5. The van der Waals surface area contributed by atoms with Crippen LogP contribution < -0.4 is 16.4 Å². The SMILES string of the molecule is COC1=CCC([C@@H](C)/C=C(C)/C=C\C=C/C(=O)N[C@H](C(=O)N/C=C\CC(C/C=C(\C)Cl)OC(N)=O)C(C)(C)C)OC1=O. The average molecular weight is 606 g/mol. The number of halogens is 1. The molecule has 0 aromatic rings. The number of nitrogens with two attached hydrogens (primary N) is 1. The lowest BCUT2D eigenvalue weighted by Gasteiger charge is -2.29. The number of ether oxygens (including phenoxy) is 3. The summed E-state index contributed by atoms with van der Waals surface area (Å²) in [6.07, 6.45) is 14.5. The minimum atomic E-state index is -0.900. The van der Waals surface area contributed by atoms with Gasteiger partial charge in [-0.1, -0.05) is 81.3 Å². The quantitative estimate of drug-likeness (QED) is 0.142. The zero-order chi connectivity index (χ0) is 31.9. The second-order valence-electron chi connectivity index (χ2n) is 11.0. The molecule has 1 heterocycles. The van der Waals surface area contributed by atoms with Gasteiger partial charge in [-0.05, 0) is 31.5 Å². The molecule has 2 unspecified atom stereocenters. The largest absolute Gasteiger partial charge is 0.490 e. The van der Waals surface area contributed by atoms with Crippen molar-refractivity contribution >= 4 is 35.5 Å². The molecule has 4 N–H and O–H groups in total. The highest BCUT2D eigenvalue weighted by atomic mass is 35.5. The molecule has 4 atom stereocenters. The Morgan fingerprint density at radius 3 is 2.43 bits per heavy atom. The summed E-state index contributed by atoms with van der Waals surface area (Å²) in [7, 11) is 1.43. The Bertz CT molecular complexity index is 1140. The topological polar surface area (TPSA) is 146 Å². The van der Waals surface area contributed by atoms with Crippen LogP contribution in [0.25, 0.3) is 0 Å². The summed E-state index contributed by atoms with van der Waals surface area (Å²) in [5.41, 5.74) is 5.48. The van der Waals surface area contributed by atoms with E-state index in [0.29, 0.717) is 24.3 Å². The number of esters is 1. The summed E-state index contributed by atoms with van der Waals surface area (Å²) in [6, 6.07) is -0.823. The highest BCUT2D eigenvalue weighted by molar-refractivity contribution is 6.29. The normalized spacial score (nSPS) is 18.8. The van der Waals surface area contributed by atoms with Crippen LogP contribution in [0, 0.1) is 11.3 Å². The van der Waals surface area contributed by atoms with Gasteiger partial charge in [0.2, 0.25) is 11.8 Å². The third-order valence-corrected chi connectivity index (χ3v) is 6.30. The van der Waals surface area contributed by atoms with E-state index < -0.39 is 41.4 Å². The van der Waals surface area contributed by atoms with Gasteiger partial charge in [-0.15, -0.1) is 0 Å². The Morgan fingerprint density at radius 1 is 1.19 bits per heavy atom. The van der Waals surface area contributed by atoms with E-state index in [0.717, 1.165) is 5.57 Å². The summed E-state index contributed by atoms with van der Waals surface area (Å²) in [6.45, 7) is 11.1. The van der Waals surface area contributed by atoms with Gasteiger partial charge in [0.1, 0.15) is 18.2 Å². The number of carbonyl (C=O) groups is 4. The van der Waals surface area contributed by atoms with Gasteiger partial charge in [0, 0.05) is 36.3 Å². The molecule has 0 spiro atoms. The molecule has 0 saturated carbocycles. The molecular weight excluding hydrogens is 562 g/mol. The van der Waals surface area contributed by atoms with Gasteiger partial charge in [0.05, 0.1) is 7.11 Å². The Labute approximate surface area is 253 Å². The number of amides is 3. The molecule has 3 amide bonds. The van der Waals surface area contributed by atoms with Crippen molar-refractivity contribution in [3.8, 4) is 0 Å². The number of hydrogen-bond donors (Lipinski definition) is 3. The van der Waals surface area contributed by atoms with Crippen molar-refractivity contribution in [2.45, 2.75) is 79.1 Å². The van der Waals surface area contributed by atoms with E-state index in [1.165, 1.54) is 19.4 Å². The molecule has 0 aromatic heterocycles. The maximum Gasteiger partial charge on any atom is 0.404 e. The van der Waals surface area contributed by atoms with Gasteiger partial charge < -0.3 is 30.6 Å². The highest BCUT2D eigenvalue weighted by Crippen LogP contribution is 2.23. The average Bonchev–Trinajstić information content (AvgIpc) is 2.89. The lowest BCUT2D eigenvalue weighted by molar-refractivity contribution is -0.151. The van der Waals surface area contributed by atoms with Gasteiger partial charge >= 0.3 is 12.1 Å². The Balaban J connectivity index is 2.70. The van der Waals surface area contributed by atoms with Crippen LogP contribution in [0.2, 0.25) is 0 Å². The summed E-state index contributed by atoms with van der Waals surface area (Å²) >= 11 is 5.84. The van der Waals surface area contributed by atoms with E-state index in [1.807, 2.05) is 46.8 Å². The first-order valence-corrected chi connectivity index (χ1v) is 14.0. The third kappa shape index (κ3) is 14.2. The van der Waals surface area contributed by atoms with Crippen molar-refractivity contribution in [1.29, 1.82) is 0 Å². The smallest absolute Gasteiger partial charge is 0.404 e. The fourth-order valence-corrected chi connectivity index (χ4v) is 4.02. The lowest BCUT2D eigenvalue weighted by Crippen LogP contribution is -2.52. The number of primary amides is 1. The molecule has 0 bridgehead atoms. The lowest BCUT2D eigenvalue weighted by atomic mass is 9.86. The maximum atomic E-state index is 12.9. The van der Waals surface area contributed by atoms with Crippen molar-refractivity contribution < 1.29 is 33.4 Å². The first-order valence-electron chi connectivity index (χ1n) is 13.7. The zero-order valence-electron chi connectivity index (χ0n) is 25.4. The van der Waals surface area contributed by atoms with Crippen molar-refractivity contribution in [2.24, 2.45) is 17.1 Å². The van der Waals surface area contributed by atoms with Gasteiger partial charge in [-0.3, -0.25) is 9.59 Å². The molecule has 0 fully saturated rings. The monoisotopic (exact) mass is 605 g/mol. The minimum absolute atomic E-state index is 0.0196. The second kappa shape index (κ2) is 17.9. The zero-order valence-corrected chi connectivity index (χ0v) is 26.2. The number of nitrogens with one attached hydrogen (secondary N) is 2. The molecule has 1 aliphatic rings. The van der Waals surface area contributed by atoms with Gasteiger partial charge in [0.15, 0.2) is 5.76 Å². The third-order valence-electron chi connectivity index (χ3n) is 6.15. The van der Waals surface area contributed by atoms with E-state index in [4.69, 9.17) is 31.5 Å². The van der Waals surface area contributed by atoms with Crippen LogP contribution in [0.3, 0.4) is 0 Å². The van der Waals surface area contributed by atoms with Crippen LogP contribution in [-0.4, -0.2) is 49.2 Å². The Morgan fingerprint density at radius 2 is 1.86 bits per heavy atom. The van der Waals surface area contributed by atoms with Crippen LogP contribution in [0.4, 0.5) is 4.79 Å². The maximum absolute atomic E-state index is 12.9. The van der Waals surface area contributed by atoms with Gasteiger partial charge in [0.25, 0.3) is 0 Å². The van der Waals surface area contributed by atoms with Crippen LogP contribution in [0.1, 0.15) is 60.8 Å². The molecule has 10 nitrogen and oxygen atoms in total. The number of cyclic esters (lactones) is 1. The van der Waals surface area contributed by atoms with E-state index in [9.17, 15) is 19.2 Å². The number of methoxy groups -OCH3 is 1. The van der Waals surface area contributed by atoms with E-state index in [-0.39, 0.29) is 17.8 Å². The predicted molar refractivity (Wildman–Crippen MR) is 163 cm³/mol. The van der Waals surface area contributed by atoms with E-state index >= 15 is 0 Å². The summed E-state index contributed by atoms with van der Waals surface area (Å²) in [4.78, 5) is 48.5. The standard InChI is InChI=1S/C31H44ClN3O7/c1-20(19-21(2)24-16-17-25(40-7)29(38)42-24)11-8-9-13-26(36)35-27(31(4,5)6)28(37)34-18-10-12-23(41-30(33)39)15-14-22(3)32/h8-11,13-14,17-19,21,23-24,27H,12,15-16H2,1-7H3,(H2,33,39)(H,34,37)(H,35,36)/b11-8-,13-9-,18-10-,20-19+,22-14+/t21-,23?,24?,27+/m0/s1. The molecule has 1 aliphatic heterocycles. The van der Waals surface area contributed by atoms with Crippen molar-refractivity contribution in [2.75, 3.05) is 7.11 Å². The van der Waals surface area contributed by atoms with Crippen LogP contribution >= 0.6 is 11.6 Å². The molecule has 0 saturated heterocycles. The predicted octanol–water partition coefficient (Wildman–Crippen LogP) is 5.07. The summed E-state index contributed by atoms with van der Waals surface area (Å²) in [5, 5.41) is 5.98. The van der Waals surface area contributed by atoms with Gasteiger partial charge in [-0.25, -0.2) is 9.59 Å². The molecule has 11 heteroatoms. The second-order valence-corrected chi connectivity index (χ2v) is 11.6. The Hall–Kier alpha value is -3.79. The fraction of sp³-hybridized carbons (Fsp3) is 0.484. The van der Waals surface area contributed by atoms with Crippen molar-refractivity contribution in [3.63, 3.8) is 0 Å². The molecule has 0 aliphatic carbocycles. The summed E-state index contributed by atoms with van der Waals surface area (Å²) < 4.78 is 15.5. The molecule has 42 heavy (non-hydrogen) atoms. The van der Waals surface area contributed by atoms with Crippen LogP contribution in [0.15, 0.2) is 71.2 Å². The first-order chi connectivity index (χ1) is 19.6. The minimum Gasteiger partial charge on any atom is -0.490 e. The van der Waals surface area contributed by atoms with Crippen LogP contribution in [0.5, 0.6) is 0 Å². The number of hydrogen-bond acceptors (Lipinski definition) is 7. The number of rotatable bonds is 14. The first kappa shape index (κ1) is 36.2. The van der Waals surface area contributed by atoms with Crippen LogP contribution in [-0.2, 0) is 28.6 Å². The molecule has 232 valence electrons. The van der Waals surface area contributed by atoms with Crippen molar-refractivity contribution in [1.82, 2.24) is 10.6 Å². The number of carbonyl (C=O) groups excluding carboxylic acids is 4. The summed E-state index contributed by atoms with van der Waals surface area (Å²) in [5.74, 6) is -1.10. The molecular formula is C31H44ClN3O7. The van der Waals surface area contributed by atoms with E-state index in [1.54, 1.807) is 37.3 Å². The van der Waals surface area contributed by atoms with Gasteiger partial charge in [-0.2, -0.15) is 0 Å². The fourth-order valence-electron chi connectivity index (χ4n) is 3.93. The molecule has 0 radical (unpaired) electrons.